The molecule has 0 aliphatic heterocycles. The van der Waals surface area contributed by atoms with E-state index < -0.39 is 22.2 Å². The van der Waals surface area contributed by atoms with Gasteiger partial charge in [-0.1, -0.05) is 34.8 Å². The minimum absolute atomic E-state index is 0.277. The molecule has 0 heterocycles. The quantitative estimate of drug-likeness (QED) is 0.521. The normalized spacial score (nSPS) is 41.7. The minimum atomic E-state index is -3.53. The van der Waals surface area contributed by atoms with Crippen LogP contribution in [-0.4, -0.2) is 26.0 Å². The van der Waals surface area contributed by atoms with Gasteiger partial charge in [0.2, 0.25) is 11.2 Å². The number of halogens is 3. The molecule has 4 aliphatic rings. The van der Waals surface area contributed by atoms with Gasteiger partial charge in [-0.2, -0.15) is 0 Å². The van der Waals surface area contributed by atoms with Gasteiger partial charge in [0, 0.05) is 0 Å². The van der Waals surface area contributed by atoms with Crippen LogP contribution < -0.4 is 0 Å². The molecule has 0 unspecified atom stereocenters. The smallest absolute Gasteiger partial charge is 0.241 e. The molecule has 4 fully saturated rings. The summed E-state index contributed by atoms with van der Waals surface area (Å²) in [4.78, 5) is 0. The second-order valence-electron chi connectivity index (χ2n) is 7.81. The first kappa shape index (κ1) is 17.8. The Labute approximate surface area is 147 Å². The standard InChI is InChI=1S/C15H24Cl3O3P/c1-9(2)21-22(20,13(19)15(16,17)18)14-6-10-3-11(7-14)5-12(4-10)8-14/h9-13,19H,3-8H2,1-2H3/t10?,11?,12?,13-,14?,22+/m0/s1. The van der Waals surface area contributed by atoms with Crippen LogP contribution in [0.5, 0.6) is 0 Å². The highest BCUT2D eigenvalue weighted by molar-refractivity contribution is 7.61. The molecule has 4 rings (SSSR count). The molecule has 0 amide bonds. The largest absolute Gasteiger partial charge is 0.379 e. The number of aliphatic hydroxyl groups excluding tert-OH is 1. The van der Waals surface area contributed by atoms with Crippen molar-refractivity contribution >= 4 is 42.2 Å². The molecule has 7 heteroatoms. The average Bonchev–Trinajstić information content (AvgIpc) is 2.33. The lowest BCUT2D eigenvalue weighted by molar-refractivity contribution is 0.0194. The highest BCUT2D eigenvalue weighted by atomic mass is 35.6. The van der Waals surface area contributed by atoms with Crippen LogP contribution in [0.2, 0.25) is 0 Å². The van der Waals surface area contributed by atoms with E-state index in [4.69, 9.17) is 39.3 Å². The lowest BCUT2D eigenvalue weighted by atomic mass is 9.56. The van der Waals surface area contributed by atoms with E-state index >= 15 is 0 Å². The zero-order valence-electron chi connectivity index (χ0n) is 13.0. The first-order chi connectivity index (χ1) is 10.1. The summed E-state index contributed by atoms with van der Waals surface area (Å²) in [7, 11) is -3.53. The third kappa shape index (κ3) is 2.89. The van der Waals surface area contributed by atoms with Gasteiger partial charge in [-0.05, 0) is 70.1 Å². The van der Waals surface area contributed by atoms with E-state index in [0.29, 0.717) is 17.8 Å². The number of alkyl halides is 3. The van der Waals surface area contributed by atoms with Gasteiger partial charge in [0.25, 0.3) is 0 Å². The summed E-state index contributed by atoms with van der Waals surface area (Å²) in [5.41, 5.74) is 0. The van der Waals surface area contributed by atoms with Crippen LogP contribution in [0.1, 0.15) is 52.4 Å². The van der Waals surface area contributed by atoms with E-state index in [1.165, 1.54) is 19.3 Å². The highest BCUT2D eigenvalue weighted by Crippen LogP contribution is 2.76. The van der Waals surface area contributed by atoms with Crippen molar-refractivity contribution in [2.75, 3.05) is 0 Å². The fourth-order valence-corrected chi connectivity index (χ4v) is 9.95. The Morgan fingerprint density at radius 1 is 1.09 bits per heavy atom. The zero-order chi connectivity index (χ0) is 16.3. The lowest BCUT2D eigenvalue weighted by Gasteiger charge is -2.59. The van der Waals surface area contributed by atoms with Gasteiger partial charge in [-0.15, -0.1) is 0 Å². The molecule has 2 atom stereocenters. The van der Waals surface area contributed by atoms with Crippen LogP contribution in [0.4, 0.5) is 0 Å². The van der Waals surface area contributed by atoms with Crippen LogP contribution in [-0.2, 0) is 9.09 Å². The molecule has 0 saturated heterocycles. The van der Waals surface area contributed by atoms with Crippen LogP contribution in [0.3, 0.4) is 0 Å². The predicted octanol–water partition coefficient (Wildman–Crippen LogP) is 5.35. The molecule has 0 aromatic rings. The maximum Gasteiger partial charge on any atom is 0.241 e. The number of hydrogen-bond acceptors (Lipinski definition) is 3. The number of aliphatic hydroxyl groups is 1. The zero-order valence-corrected chi connectivity index (χ0v) is 16.1. The van der Waals surface area contributed by atoms with Gasteiger partial charge in [-0.25, -0.2) is 0 Å². The first-order valence-electron chi connectivity index (χ1n) is 8.09. The molecule has 0 spiro atoms. The second kappa shape index (κ2) is 5.78. The first-order valence-corrected chi connectivity index (χ1v) is 10.9. The summed E-state index contributed by atoms with van der Waals surface area (Å²) >= 11 is 17.8. The van der Waals surface area contributed by atoms with Crippen molar-refractivity contribution in [2.45, 2.75) is 73.3 Å². The van der Waals surface area contributed by atoms with E-state index in [1.54, 1.807) is 0 Å². The SMILES string of the molecule is CC(C)O[P@](=O)([C@H](O)C(Cl)(Cl)Cl)C12CC3CC(CC(C3)C1)C2. The van der Waals surface area contributed by atoms with Crippen LogP contribution in [0.15, 0.2) is 0 Å². The summed E-state index contributed by atoms with van der Waals surface area (Å²) in [6.45, 7) is 3.64. The molecule has 22 heavy (non-hydrogen) atoms. The average molecular weight is 390 g/mol. The number of rotatable bonds is 4. The van der Waals surface area contributed by atoms with Crippen molar-refractivity contribution in [3.63, 3.8) is 0 Å². The lowest BCUT2D eigenvalue weighted by Crippen LogP contribution is -2.53. The van der Waals surface area contributed by atoms with Gasteiger partial charge in [0.1, 0.15) is 0 Å². The maximum atomic E-state index is 13.9. The summed E-state index contributed by atoms with van der Waals surface area (Å²) in [6, 6.07) is 0. The van der Waals surface area contributed by atoms with Crippen molar-refractivity contribution in [1.82, 2.24) is 0 Å². The molecule has 4 aliphatic carbocycles. The Balaban J connectivity index is 2.01. The van der Waals surface area contributed by atoms with E-state index in [9.17, 15) is 9.67 Å². The third-order valence-electron chi connectivity index (χ3n) is 5.65. The molecule has 0 radical (unpaired) electrons. The van der Waals surface area contributed by atoms with Crippen molar-refractivity contribution < 1.29 is 14.2 Å². The maximum absolute atomic E-state index is 13.9. The van der Waals surface area contributed by atoms with Gasteiger partial charge < -0.3 is 9.63 Å². The minimum Gasteiger partial charge on any atom is -0.379 e. The van der Waals surface area contributed by atoms with E-state index in [2.05, 4.69) is 0 Å². The fourth-order valence-electron chi connectivity index (χ4n) is 5.38. The van der Waals surface area contributed by atoms with E-state index in [1.807, 2.05) is 13.8 Å². The fraction of sp³-hybridized carbons (Fsp3) is 1.00. The topological polar surface area (TPSA) is 46.5 Å². The Bertz CT molecular complexity index is 454. The predicted molar refractivity (Wildman–Crippen MR) is 91.0 cm³/mol. The molecule has 0 aromatic heterocycles. The molecule has 1 N–H and O–H groups in total. The van der Waals surface area contributed by atoms with Crippen LogP contribution >= 0.6 is 42.2 Å². The van der Waals surface area contributed by atoms with Gasteiger partial charge in [0.15, 0.2) is 5.85 Å². The van der Waals surface area contributed by atoms with Crippen molar-refractivity contribution in [2.24, 2.45) is 17.8 Å². The van der Waals surface area contributed by atoms with Gasteiger partial charge in [0.05, 0.1) is 11.3 Å². The Morgan fingerprint density at radius 3 is 1.82 bits per heavy atom. The molecular weight excluding hydrogens is 365 g/mol. The molecule has 4 saturated carbocycles. The monoisotopic (exact) mass is 388 g/mol. The molecule has 4 bridgehead atoms. The van der Waals surface area contributed by atoms with E-state index in [0.717, 1.165) is 19.3 Å². The Hall–Kier alpha value is 1.02. The van der Waals surface area contributed by atoms with E-state index in [-0.39, 0.29) is 6.10 Å². The molecule has 3 nitrogen and oxygen atoms in total. The second-order valence-corrected chi connectivity index (χ2v) is 13.0. The Kier molecular flexibility index (Phi) is 4.69. The summed E-state index contributed by atoms with van der Waals surface area (Å²) < 4.78 is 17.8. The molecule has 128 valence electrons. The number of hydrogen-bond donors (Lipinski definition) is 1. The van der Waals surface area contributed by atoms with Crippen LogP contribution in [0, 0.1) is 17.8 Å². The third-order valence-corrected chi connectivity index (χ3v) is 10.4. The highest BCUT2D eigenvalue weighted by Gasteiger charge is 2.65. The van der Waals surface area contributed by atoms with Crippen LogP contribution in [0.25, 0.3) is 0 Å². The summed E-state index contributed by atoms with van der Waals surface area (Å²) in [6.07, 6.45) is 5.86. The van der Waals surface area contributed by atoms with Gasteiger partial charge in [-0.3, -0.25) is 4.57 Å². The van der Waals surface area contributed by atoms with Gasteiger partial charge >= 0.3 is 0 Å². The summed E-state index contributed by atoms with van der Waals surface area (Å²) in [5, 5.41) is 10.1. The van der Waals surface area contributed by atoms with Crippen molar-refractivity contribution in [3.05, 3.63) is 0 Å². The molecular formula is C15H24Cl3O3P. The molecule has 0 aromatic carbocycles. The van der Waals surface area contributed by atoms with Crippen molar-refractivity contribution in [3.8, 4) is 0 Å². The summed E-state index contributed by atoms with van der Waals surface area (Å²) in [5.74, 6) is 0.178. The van der Waals surface area contributed by atoms with Crippen molar-refractivity contribution in [1.29, 1.82) is 0 Å². The Morgan fingerprint density at radius 2 is 1.50 bits per heavy atom.